The van der Waals surface area contributed by atoms with Crippen molar-refractivity contribution in [2.45, 2.75) is 43.9 Å². The number of halogens is 1. The SMILES string of the molecule is C=C1CCN(C(=O)C2(c3ccc(Cl)cc3)CCCC2)CC1. The van der Waals surface area contributed by atoms with E-state index in [2.05, 4.69) is 11.5 Å². The average Bonchev–Trinajstić information content (AvgIpc) is 2.99. The summed E-state index contributed by atoms with van der Waals surface area (Å²) in [6, 6.07) is 7.88. The summed E-state index contributed by atoms with van der Waals surface area (Å²) in [6.45, 7) is 5.69. The first-order chi connectivity index (χ1) is 10.1. The first-order valence-corrected chi connectivity index (χ1v) is 8.22. The molecule has 0 radical (unpaired) electrons. The van der Waals surface area contributed by atoms with E-state index in [1.54, 1.807) is 0 Å². The molecule has 1 amide bonds. The smallest absolute Gasteiger partial charge is 0.233 e. The second kappa shape index (κ2) is 5.84. The number of hydrogen-bond acceptors (Lipinski definition) is 1. The number of nitrogens with zero attached hydrogens (tertiary/aromatic N) is 1. The lowest BCUT2D eigenvalue weighted by atomic mass is 9.77. The molecule has 1 aromatic carbocycles. The van der Waals surface area contributed by atoms with Crippen LogP contribution >= 0.6 is 11.6 Å². The molecule has 1 saturated heterocycles. The first-order valence-electron chi connectivity index (χ1n) is 7.84. The highest BCUT2D eigenvalue weighted by molar-refractivity contribution is 6.30. The summed E-state index contributed by atoms with van der Waals surface area (Å²) < 4.78 is 0. The number of benzene rings is 1. The van der Waals surface area contributed by atoms with Crippen LogP contribution in [-0.2, 0) is 10.2 Å². The fourth-order valence-electron chi connectivity index (χ4n) is 3.70. The van der Waals surface area contributed by atoms with Gasteiger partial charge in [0.05, 0.1) is 5.41 Å². The number of carbonyl (C=O) groups is 1. The zero-order chi connectivity index (χ0) is 14.9. The number of hydrogen-bond donors (Lipinski definition) is 0. The third-order valence-corrected chi connectivity index (χ3v) is 5.27. The van der Waals surface area contributed by atoms with Crippen molar-refractivity contribution < 1.29 is 4.79 Å². The van der Waals surface area contributed by atoms with Crippen LogP contribution < -0.4 is 0 Å². The van der Waals surface area contributed by atoms with E-state index >= 15 is 0 Å². The number of piperidine rings is 1. The molecule has 1 saturated carbocycles. The molecule has 2 nitrogen and oxygen atoms in total. The molecule has 1 heterocycles. The van der Waals surface area contributed by atoms with Crippen molar-refractivity contribution in [3.05, 3.63) is 47.0 Å². The molecule has 112 valence electrons. The van der Waals surface area contributed by atoms with Crippen LogP contribution in [0.1, 0.15) is 44.1 Å². The highest BCUT2D eigenvalue weighted by Crippen LogP contribution is 2.43. The molecule has 2 aliphatic rings. The zero-order valence-electron chi connectivity index (χ0n) is 12.4. The van der Waals surface area contributed by atoms with Gasteiger partial charge >= 0.3 is 0 Å². The van der Waals surface area contributed by atoms with Crippen molar-refractivity contribution in [3.8, 4) is 0 Å². The molecule has 1 aromatic rings. The van der Waals surface area contributed by atoms with E-state index in [1.165, 1.54) is 5.57 Å². The van der Waals surface area contributed by atoms with Crippen molar-refractivity contribution in [1.29, 1.82) is 0 Å². The summed E-state index contributed by atoms with van der Waals surface area (Å²) in [4.78, 5) is 15.2. The van der Waals surface area contributed by atoms with E-state index in [0.717, 1.165) is 62.2 Å². The molecule has 2 fully saturated rings. The Labute approximate surface area is 131 Å². The number of amides is 1. The summed E-state index contributed by atoms with van der Waals surface area (Å²) in [5.41, 5.74) is 2.09. The van der Waals surface area contributed by atoms with Gasteiger partial charge in [-0.05, 0) is 43.4 Å². The summed E-state index contributed by atoms with van der Waals surface area (Å²) in [7, 11) is 0. The van der Waals surface area contributed by atoms with Gasteiger partial charge in [0, 0.05) is 18.1 Å². The fourth-order valence-corrected chi connectivity index (χ4v) is 3.83. The van der Waals surface area contributed by atoms with Crippen LogP contribution in [0.15, 0.2) is 36.4 Å². The Morgan fingerprint density at radius 3 is 2.24 bits per heavy atom. The van der Waals surface area contributed by atoms with Crippen LogP contribution in [0.5, 0.6) is 0 Å². The molecule has 0 N–H and O–H groups in total. The molecule has 1 aliphatic carbocycles. The van der Waals surface area contributed by atoms with Crippen LogP contribution in [0.2, 0.25) is 5.02 Å². The van der Waals surface area contributed by atoms with Crippen molar-refractivity contribution in [3.63, 3.8) is 0 Å². The maximum absolute atomic E-state index is 13.2. The molecule has 3 rings (SSSR count). The molecule has 0 unspecified atom stereocenters. The van der Waals surface area contributed by atoms with Crippen LogP contribution in [0.3, 0.4) is 0 Å². The third kappa shape index (κ3) is 2.74. The second-order valence-corrected chi connectivity index (χ2v) is 6.77. The normalized spacial score (nSPS) is 21.6. The molecule has 1 aliphatic heterocycles. The first kappa shape index (κ1) is 14.6. The van der Waals surface area contributed by atoms with E-state index in [1.807, 2.05) is 24.3 Å². The summed E-state index contributed by atoms with van der Waals surface area (Å²) in [6.07, 6.45) is 6.09. The van der Waals surface area contributed by atoms with Gasteiger partial charge in [0.2, 0.25) is 5.91 Å². The maximum atomic E-state index is 13.2. The molecular weight excluding hydrogens is 282 g/mol. The fraction of sp³-hybridized carbons (Fsp3) is 0.500. The summed E-state index contributed by atoms with van der Waals surface area (Å²) in [5, 5.41) is 0.730. The Hall–Kier alpha value is -1.28. The van der Waals surface area contributed by atoms with E-state index in [-0.39, 0.29) is 5.41 Å². The largest absolute Gasteiger partial charge is 0.341 e. The van der Waals surface area contributed by atoms with E-state index in [9.17, 15) is 4.79 Å². The van der Waals surface area contributed by atoms with Crippen LogP contribution in [-0.4, -0.2) is 23.9 Å². The lowest BCUT2D eigenvalue weighted by Crippen LogP contribution is -2.47. The standard InChI is InChI=1S/C18H22ClNO/c1-14-8-12-20(13-9-14)17(21)18(10-2-3-11-18)15-4-6-16(19)7-5-15/h4-7H,1-3,8-13H2. The summed E-state index contributed by atoms with van der Waals surface area (Å²) in [5.74, 6) is 0.315. The van der Waals surface area contributed by atoms with Gasteiger partial charge in [-0.3, -0.25) is 4.79 Å². The lowest BCUT2D eigenvalue weighted by molar-refractivity contribution is -0.137. The van der Waals surface area contributed by atoms with E-state index in [0.29, 0.717) is 5.91 Å². The van der Waals surface area contributed by atoms with Gasteiger partial charge in [-0.25, -0.2) is 0 Å². The molecule has 3 heteroatoms. The minimum Gasteiger partial charge on any atom is -0.341 e. The number of rotatable bonds is 2. The molecule has 0 atom stereocenters. The van der Waals surface area contributed by atoms with Crippen LogP contribution in [0, 0.1) is 0 Å². The Bertz CT molecular complexity index is 533. The van der Waals surface area contributed by atoms with Gasteiger partial charge < -0.3 is 4.90 Å². The quantitative estimate of drug-likeness (QED) is 0.745. The number of likely N-dealkylation sites (tertiary alicyclic amines) is 1. The zero-order valence-corrected chi connectivity index (χ0v) is 13.2. The highest BCUT2D eigenvalue weighted by Gasteiger charge is 2.45. The van der Waals surface area contributed by atoms with Crippen molar-refractivity contribution >= 4 is 17.5 Å². The molecule has 21 heavy (non-hydrogen) atoms. The molecule has 0 aromatic heterocycles. The minimum absolute atomic E-state index is 0.315. The predicted octanol–water partition coefficient (Wildman–Crippen LogP) is 4.33. The second-order valence-electron chi connectivity index (χ2n) is 6.34. The Balaban J connectivity index is 1.88. The predicted molar refractivity (Wildman–Crippen MR) is 86.6 cm³/mol. The van der Waals surface area contributed by atoms with Gasteiger partial charge in [-0.1, -0.05) is 48.7 Å². The van der Waals surface area contributed by atoms with Crippen LogP contribution in [0.4, 0.5) is 0 Å². The molecular formula is C18H22ClNO. The van der Waals surface area contributed by atoms with Gasteiger partial charge in [0.1, 0.15) is 0 Å². The Morgan fingerprint density at radius 2 is 1.67 bits per heavy atom. The van der Waals surface area contributed by atoms with Crippen molar-refractivity contribution in [2.24, 2.45) is 0 Å². The topological polar surface area (TPSA) is 20.3 Å². The van der Waals surface area contributed by atoms with Gasteiger partial charge in [0.15, 0.2) is 0 Å². The monoisotopic (exact) mass is 303 g/mol. The molecule has 0 spiro atoms. The third-order valence-electron chi connectivity index (χ3n) is 5.02. The van der Waals surface area contributed by atoms with E-state index in [4.69, 9.17) is 11.6 Å². The van der Waals surface area contributed by atoms with Crippen molar-refractivity contribution in [2.75, 3.05) is 13.1 Å². The summed E-state index contributed by atoms with van der Waals surface area (Å²) >= 11 is 6.00. The van der Waals surface area contributed by atoms with Crippen LogP contribution in [0.25, 0.3) is 0 Å². The Morgan fingerprint density at radius 1 is 1.10 bits per heavy atom. The highest BCUT2D eigenvalue weighted by atomic mass is 35.5. The Kier molecular flexibility index (Phi) is 4.08. The van der Waals surface area contributed by atoms with Gasteiger partial charge in [-0.15, -0.1) is 0 Å². The average molecular weight is 304 g/mol. The lowest BCUT2D eigenvalue weighted by Gasteiger charge is -2.37. The van der Waals surface area contributed by atoms with Gasteiger partial charge in [0.25, 0.3) is 0 Å². The minimum atomic E-state index is -0.316. The maximum Gasteiger partial charge on any atom is 0.233 e. The van der Waals surface area contributed by atoms with Gasteiger partial charge in [-0.2, -0.15) is 0 Å². The van der Waals surface area contributed by atoms with Crippen molar-refractivity contribution in [1.82, 2.24) is 4.90 Å². The van der Waals surface area contributed by atoms with E-state index < -0.39 is 0 Å². The number of carbonyl (C=O) groups excluding carboxylic acids is 1. The molecule has 0 bridgehead atoms.